The van der Waals surface area contributed by atoms with Gasteiger partial charge in [0.2, 0.25) is 11.8 Å². The van der Waals surface area contributed by atoms with Crippen molar-refractivity contribution in [2.75, 3.05) is 36.5 Å². The quantitative estimate of drug-likeness (QED) is 0.119. The van der Waals surface area contributed by atoms with E-state index >= 15 is 0 Å². The van der Waals surface area contributed by atoms with Crippen LogP contribution in [0.4, 0.5) is 11.6 Å². The number of hydrogen-bond acceptors (Lipinski definition) is 9. The molecule has 51 heavy (non-hydrogen) atoms. The maximum absolute atomic E-state index is 13.8. The molecule has 3 aromatic heterocycles. The largest absolute Gasteiger partial charge is 0.357 e. The number of nitrogens with zero attached hydrogens (tertiary/aromatic N) is 7. The van der Waals surface area contributed by atoms with Gasteiger partial charge in [-0.3, -0.25) is 19.3 Å². The van der Waals surface area contributed by atoms with E-state index in [1.165, 1.54) is 12.8 Å². The minimum absolute atomic E-state index is 0.0572. The van der Waals surface area contributed by atoms with E-state index in [1.54, 1.807) is 11.2 Å². The predicted molar refractivity (Wildman–Crippen MR) is 201 cm³/mol. The van der Waals surface area contributed by atoms with E-state index in [2.05, 4.69) is 53.8 Å². The summed E-state index contributed by atoms with van der Waals surface area (Å²) in [5.74, 6) is 2.36. The van der Waals surface area contributed by atoms with Gasteiger partial charge < -0.3 is 25.4 Å². The lowest BCUT2D eigenvalue weighted by Gasteiger charge is -2.24. The standard InChI is InChI=1S/C38H58N10O3/c1-7-47-26-42-45-37(47)31-17-16-18-33(43-31)48-25-30-29(38(48)51)21-34(46(6)28(4)5)44-32(30)23-39-24-36(50)40-20-15-13-11-9-8-10-12-14-19-35(49)41-22-27(2)3/h16-18,21,26-28,39H,7-15,19-20,22-25H2,1-6H3,(H,40,50)(H,41,49). The fourth-order valence-corrected chi connectivity index (χ4v) is 5.97. The summed E-state index contributed by atoms with van der Waals surface area (Å²) in [4.78, 5) is 51.7. The second kappa shape index (κ2) is 19.9. The van der Waals surface area contributed by atoms with Gasteiger partial charge in [-0.15, -0.1) is 10.2 Å². The minimum atomic E-state index is -0.132. The Morgan fingerprint density at radius 2 is 1.67 bits per heavy atom. The maximum Gasteiger partial charge on any atom is 0.260 e. The van der Waals surface area contributed by atoms with Crippen LogP contribution in [0.2, 0.25) is 0 Å². The van der Waals surface area contributed by atoms with Crippen LogP contribution in [0.1, 0.15) is 114 Å². The lowest BCUT2D eigenvalue weighted by atomic mass is 10.1. The van der Waals surface area contributed by atoms with Gasteiger partial charge in [-0.2, -0.15) is 0 Å². The Balaban J connectivity index is 1.22. The highest BCUT2D eigenvalue weighted by Gasteiger charge is 2.33. The summed E-state index contributed by atoms with van der Waals surface area (Å²) in [6.07, 6.45) is 11.1. The average Bonchev–Trinajstić information content (AvgIpc) is 3.74. The number of nitrogens with one attached hydrogen (secondary N) is 3. The smallest absolute Gasteiger partial charge is 0.260 e. The summed E-state index contributed by atoms with van der Waals surface area (Å²) >= 11 is 0. The molecule has 0 aliphatic carbocycles. The summed E-state index contributed by atoms with van der Waals surface area (Å²) in [7, 11) is 1.97. The zero-order chi connectivity index (χ0) is 36.8. The molecule has 0 saturated carbocycles. The van der Waals surface area contributed by atoms with E-state index in [0.717, 1.165) is 56.3 Å². The number of unbranched alkanes of at least 4 members (excludes halogenated alkanes) is 7. The summed E-state index contributed by atoms with van der Waals surface area (Å²) in [6.45, 7) is 13.3. The molecular weight excluding hydrogens is 644 g/mol. The molecule has 0 fully saturated rings. The van der Waals surface area contributed by atoms with Crippen LogP contribution in [-0.4, -0.2) is 75.2 Å². The molecule has 0 bridgehead atoms. The Bertz CT molecular complexity index is 1590. The Kier molecular flexibility index (Phi) is 15.3. The molecule has 0 atom stereocenters. The highest BCUT2D eigenvalue weighted by molar-refractivity contribution is 6.10. The number of carbonyl (C=O) groups is 3. The van der Waals surface area contributed by atoms with E-state index in [9.17, 15) is 14.4 Å². The third kappa shape index (κ3) is 11.6. The fourth-order valence-electron chi connectivity index (χ4n) is 5.97. The number of rotatable bonds is 22. The first kappa shape index (κ1) is 39.4. The number of fused-ring (bicyclic) bond motifs is 1. The first-order valence-electron chi connectivity index (χ1n) is 18.8. The minimum Gasteiger partial charge on any atom is -0.357 e. The number of carbonyl (C=O) groups excluding carboxylic acids is 3. The second-order valence-corrected chi connectivity index (χ2v) is 14.1. The maximum atomic E-state index is 13.8. The van der Waals surface area contributed by atoms with Gasteiger partial charge in [0.15, 0.2) is 5.82 Å². The summed E-state index contributed by atoms with van der Waals surface area (Å²) in [5.41, 5.74) is 2.83. The Morgan fingerprint density at radius 1 is 0.941 bits per heavy atom. The van der Waals surface area contributed by atoms with Gasteiger partial charge in [0.25, 0.3) is 5.91 Å². The number of amides is 3. The van der Waals surface area contributed by atoms with Crippen molar-refractivity contribution in [2.24, 2.45) is 5.92 Å². The first-order valence-corrected chi connectivity index (χ1v) is 18.8. The van der Waals surface area contributed by atoms with Crippen LogP contribution in [0.5, 0.6) is 0 Å². The summed E-state index contributed by atoms with van der Waals surface area (Å²) in [5, 5.41) is 17.5. The van der Waals surface area contributed by atoms with Gasteiger partial charge in [-0.05, 0) is 57.7 Å². The summed E-state index contributed by atoms with van der Waals surface area (Å²) in [6, 6.07) is 7.62. The molecule has 0 saturated heterocycles. The Morgan fingerprint density at radius 3 is 2.37 bits per heavy atom. The number of pyridine rings is 2. The molecule has 3 N–H and O–H groups in total. The van der Waals surface area contributed by atoms with E-state index in [4.69, 9.17) is 9.97 Å². The number of aryl methyl sites for hydroxylation is 1. The molecule has 0 spiro atoms. The molecular formula is C38H58N10O3. The molecule has 0 aromatic carbocycles. The molecule has 1 aliphatic heterocycles. The number of hydrogen-bond donors (Lipinski definition) is 3. The van der Waals surface area contributed by atoms with Crippen LogP contribution in [-0.2, 0) is 29.2 Å². The van der Waals surface area contributed by atoms with Crippen LogP contribution >= 0.6 is 0 Å². The number of aromatic nitrogens is 5. The molecule has 0 radical (unpaired) electrons. The van der Waals surface area contributed by atoms with Crippen molar-refractivity contribution in [2.45, 2.75) is 118 Å². The molecule has 278 valence electrons. The molecule has 0 unspecified atom stereocenters. The van der Waals surface area contributed by atoms with Crippen LogP contribution in [0.15, 0.2) is 30.6 Å². The van der Waals surface area contributed by atoms with Crippen LogP contribution < -0.4 is 25.8 Å². The van der Waals surface area contributed by atoms with Crippen LogP contribution in [0.3, 0.4) is 0 Å². The van der Waals surface area contributed by atoms with Crippen molar-refractivity contribution in [1.82, 2.24) is 40.7 Å². The third-order valence-corrected chi connectivity index (χ3v) is 9.26. The van der Waals surface area contributed by atoms with Crippen LogP contribution in [0, 0.1) is 5.92 Å². The lowest BCUT2D eigenvalue weighted by Crippen LogP contribution is -2.34. The molecule has 13 nitrogen and oxygen atoms in total. The van der Waals surface area contributed by atoms with Crippen molar-refractivity contribution < 1.29 is 14.4 Å². The molecule has 4 rings (SSSR count). The average molecular weight is 703 g/mol. The van der Waals surface area contributed by atoms with Gasteiger partial charge in [0, 0.05) is 51.3 Å². The molecule has 3 aromatic rings. The van der Waals surface area contributed by atoms with E-state index < -0.39 is 0 Å². The zero-order valence-electron chi connectivity index (χ0n) is 31.5. The number of anilines is 2. The second-order valence-electron chi connectivity index (χ2n) is 14.1. The van der Waals surface area contributed by atoms with E-state index in [0.29, 0.717) is 67.2 Å². The Hall–Kier alpha value is -4.39. The van der Waals surface area contributed by atoms with Gasteiger partial charge in [0.1, 0.15) is 23.7 Å². The fraction of sp³-hybridized carbons (Fsp3) is 0.605. The summed E-state index contributed by atoms with van der Waals surface area (Å²) < 4.78 is 1.91. The molecule has 4 heterocycles. The first-order chi connectivity index (χ1) is 24.6. The van der Waals surface area contributed by atoms with Gasteiger partial charge in [-0.1, -0.05) is 58.4 Å². The SMILES string of the molecule is CCn1cnnc1-c1cccc(N2Cc3c(cc(N(C)C(C)C)nc3CNCC(=O)NCCCCCCCCCCC(=O)NCC(C)C)C2=O)n1. The van der Waals surface area contributed by atoms with Crippen molar-refractivity contribution in [3.8, 4) is 11.5 Å². The predicted octanol–water partition coefficient (Wildman–Crippen LogP) is 5.25. The van der Waals surface area contributed by atoms with Gasteiger partial charge >= 0.3 is 0 Å². The lowest BCUT2D eigenvalue weighted by molar-refractivity contribution is -0.121. The highest BCUT2D eigenvalue weighted by atomic mass is 16.2. The van der Waals surface area contributed by atoms with E-state index in [-0.39, 0.29) is 30.3 Å². The highest BCUT2D eigenvalue weighted by Crippen LogP contribution is 2.32. The Labute approximate surface area is 303 Å². The van der Waals surface area contributed by atoms with Gasteiger partial charge in [0.05, 0.1) is 24.3 Å². The van der Waals surface area contributed by atoms with Crippen molar-refractivity contribution in [3.05, 3.63) is 47.4 Å². The van der Waals surface area contributed by atoms with Crippen molar-refractivity contribution in [1.29, 1.82) is 0 Å². The van der Waals surface area contributed by atoms with Gasteiger partial charge in [-0.25, -0.2) is 9.97 Å². The molecule has 13 heteroatoms. The van der Waals surface area contributed by atoms with E-state index in [1.807, 2.05) is 47.7 Å². The normalized spacial score (nSPS) is 12.5. The van der Waals surface area contributed by atoms with Crippen LogP contribution in [0.25, 0.3) is 11.5 Å². The zero-order valence-corrected chi connectivity index (χ0v) is 31.5. The van der Waals surface area contributed by atoms with Crippen molar-refractivity contribution >= 4 is 29.4 Å². The molecule has 1 aliphatic rings. The third-order valence-electron chi connectivity index (χ3n) is 9.26. The van der Waals surface area contributed by atoms with Crippen molar-refractivity contribution in [3.63, 3.8) is 0 Å². The topological polar surface area (TPSA) is 150 Å². The molecule has 3 amide bonds. The monoisotopic (exact) mass is 702 g/mol.